The smallest absolute Gasteiger partial charge is 0.417 e. The van der Waals surface area contributed by atoms with Crippen LogP contribution >= 0.6 is 23.4 Å². The van der Waals surface area contributed by atoms with Crippen molar-refractivity contribution in [2.24, 2.45) is 0 Å². The molecule has 7 nitrogen and oxygen atoms in total. The SMILES string of the molecule is COc1ccc(S[C@@H](C)C(=O)Nc2ccc(S(=O)(=O)Nc3ccc(Cl)c(C(F)(F)F)c3)cc2)cc1OC. The van der Waals surface area contributed by atoms with E-state index in [1.54, 1.807) is 25.1 Å². The summed E-state index contributed by atoms with van der Waals surface area (Å²) in [6, 6.07) is 13.2. The number of ether oxygens (including phenoxy) is 2. The topological polar surface area (TPSA) is 93.7 Å². The highest BCUT2D eigenvalue weighted by Crippen LogP contribution is 2.37. The van der Waals surface area contributed by atoms with Gasteiger partial charge in [-0.3, -0.25) is 9.52 Å². The fourth-order valence-corrected chi connectivity index (χ4v) is 5.30. The second-order valence-corrected chi connectivity index (χ2v) is 11.1. The zero-order chi connectivity index (χ0) is 27.4. The normalized spacial score (nSPS) is 12.5. The van der Waals surface area contributed by atoms with Crippen LogP contribution in [0, 0.1) is 0 Å². The van der Waals surface area contributed by atoms with E-state index in [1.807, 2.05) is 0 Å². The van der Waals surface area contributed by atoms with Gasteiger partial charge in [0.05, 0.1) is 35.0 Å². The van der Waals surface area contributed by atoms with E-state index >= 15 is 0 Å². The number of rotatable bonds is 9. The lowest BCUT2D eigenvalue weighted by molar-refractivity contribution is -0.137. The number of anilines is 2. The molecular formula is C24H22ClF3N2O5S2. The number of nitrogens with one attached hydrogen (secondary N) is 2. The van der Waals surface area contributed by atoms with Crippen LogP contribution in [-0.4, -0.2) is 33.8 Å². The maximum atomic E-state index is 13.1. The van der Waals surface area contributed by atoms with Crippen LogP contribution in [0.4, 0.5) is 24.5 Å². The van der Waals surface area contributed by atoms with Crippen molar-refractivity contribution in [1.29, 1.82) is 0 Å². The number of amides is 1. The summed E-state index contributed by atoms with van der Waals surface area (Å²) in [4.78, 5) is 13.2. The molecule has 0 spiro atoms. The summed E-state index contributed by atoms with van der Waals surface area (Å²) in [5, 5.41) is 1.65. The van der Waals surface area contributed by atoms with Crippen LogP contribution in [0.1, 0.15) is 12.5 Å². The van der Waals surface area contributed by atoms with Gasteiger partial charge in [0.25, 0.3) is 10.0 Å². The zero-order valence-corrected chi connectivity index (χ0v) is 22.1. The summed E-state index contributed by atoms with van der Waals surface area (Å²) in [6.45, 7) is 1.71. The molecule has 0 aliphatic rings. The fraction of sp³-hybridized carbons (Fsp3) is 0.208. The second kappa shape index (κ2) is 11.5. The number of benzene rings is 3. The number of carbonyl (C=O) groups excluding carboxylic acids is 1. The van der Waals surface area contributed by atoms with Gasteiger partial charge < -0.3 is 14.8 Å². The van der Waals surface area contributed by atoms with Crippen molar-refractivity contribution < 1.29 is 35.9 Å². The number of alkyl halides is 3. The summed E-state index contributed by atoms with van der Waals surface area (Å²) in [5.41, 5.74) is -1.11. The molecule has 198 valence electrons. The molecule has 0 saturated carbocycles. The molecule has 2 N–H and O–H groups in total. The van der Waals surface area contributed by atoms with Gasteiger partial charge in [-0.2, -0.15) is 13.2 Å². The lowest BCUT2D eigenvalue weighted by Crippen LogP contribution is -2.22. The standard InChI is InChI=1S/C24H22ClF3N2O5S2/c1-14(36-17-7-11-21(34-2)22(13-17)35-3)23(31)29-15-4-8-18(9-5-15)37(32,33)30-16-6-10-20(25)19(12-16)24(26,27)28/h4-14,30H,1-3H3,(H,29,31)/t14-/m0/s1. The summed E-state index contributed by atoms with van der Waals surface area (Å²) in [5.74, 6) is 0.762. The maximum Gasteiger partial charge on any atom is 0.417 e. The highest BCUT2D eigenvalue weighted by Gasteiger charge is 2.33. The quantitative estimate of drug-likeness (QED) is 0.292. The van der Waals surface area contributed by atoms with Crippen molar-refractivity contribution in [2.75, 3.05) is 24.3 Å². The van der Waals surface area contributed by atoms with Crippen LogP contribution in [0.3, 0.4) is 0 Å². The first kappa shape index (κ1) is 28.5. The van der Waals surface area contributed by atoms with Crippen molar-refractivity contribution in [1.82, 2.24) is 0 Å². The van der Waals surface area contributed by atoms with Gasteiger partial charge in [-0.15, -0.1) is 11.8 Å². The monoisotopic (exact) mass is 574 g/mol. The Hall–Kier alpha value is -3.09. The highest BCUT2D eigenvalue weighted by molar-refractivity contribution is 8.00. The molecule has 1 atom stereocenters. The van der Waals surface area contributed by atoms with Gasteiger partial charge in [-0.05, 0) is 67.6 Å². The fourth-order valence-electron chi connectivity index (χ4n) is 3.13. The van der Waals surface area contributed by atoms with Crippen LogP contribution in [0.15, 0.2) is 70.5 Å². The lowest BCUT2D eigenvalue weighted by Gasteiger charge is -2.15. The van der Waals surface area contributed by atoms with Gasteiger partial charge in [-0.1, -0.05) is 11.6 Å². The molecule has 0 bridgehead atoms. The summed E-state index contributed by atoms with van der Waals surface area (Å²) < 4.78 is 77.1. The van der Waals surface area contributed by atoms with E-state index in [1.165, 1.54) is 50.2 Å². The first-order valence-electron chi connectivity index (χ1n) is 10.5. The predicted octanol–water partition coefficient (Wildman–Crippen LogP) is 6.30. The van der Waals surface area contributed by atoms with Gasteiger partial charge >= 0.3 is 6.18 Å². The molecule has 13 heteroatoms. The first-order chi connectivity index (χ1) is 17.3. The minimum atomic E-state index is -4.74. The minimum absolute atomic E-state index is 0.207. The number of hydrogen-bond acceptors (Lipinski definition) is 6. The lowest BCUT2D eigenvalue weighted by atomic mass is 10.2. The Labute approximate surface area is 221 Å². The minimum Gasteiger partial charge on any atom is -0.493 e. The average Bonchev–Trinajstić information content (AvgIpc) is 2.84. The predicted molar refractivity (Wildman–Crippen MR) is 137 cm³/mol. The van der Waals surface area contributed by atoms with Gasteiger partial charge in [0.2, 0.25) is 5.91 Å². The van der Waals surface area contributed by atoms with E-state index in [0.29, 0.717) is 23.3 Å². The van der Waals surface area contributed by atoms with Crippen LogP contribution in [0.5, 0.6) is 11.5 Å². The summed E-state index contributed by atoms with van der Waals surface area (Å²) in [7, 11) is -1.17. The van der Waals surface area contributed by atoms with E-state index in [4.69, 9.17) is 21.1 Å². The molecule has 0 aromatic heterocycles. The molecule has 3 rings (SSSR count). The van der Waals surface area contributed by atoms with Crippen molar-refractivity contribution in [3.8, 4) is 11.5 Å². The molecule has 0 aliphatic heterocycles. The molecule has 3 aromatic rings. The number of thioether (sulfide) groups is 1. The zero-order valence-electron chi connectivity index (χ0n) is 19.7. The number of sulfonamides is 1. The molecule has 0 fully saturated rings. The largest absolute Gasteiger partial charge is 0.493 e. The Balaban J connectivity index is 1.67. The Morgan fingerprint density at radius 1 is 0.946 bits per heavy atom. The van der Waals surface area contributed by atoms with Crippen molar-refractivity contribution in [3.05, 3.63) is 71.2 Å². The number of carbonyl (C=O) groups is 1. The molecule has 0 heterocycles. The molecule has 1 amide bonds. The third-order valence-corrected chi connectivity index (χ3v) is 7.81. The van der Waals surface area contributed by atoms with E-state index in [0.717, 1.165) is 17.0 Å². The summed E-state index contributed by atoms with van der Waals surface area (Å²) >= 11 is 6.87. The Morgan fingerprint density at radius 3 is 2.16 bits per heavy atom. The molecule has 37 heavy (non-hydrogen) atoms. The van der Waals surface area contributed by atoms with E-state index in [9.17, 15) is 26.4 Å². The van der Waals surface area contributed by atoms with Gasteiger partial charge in [-0.25, -0.2) is 8.42 Å². The van der Waals surface area contributed by atoms with Crippen LogP contribution in [0.2, 0.25) is 5.02 Å². The van der Waals surface area contributed by atoms with E-state index in [-0.39, 0.29) is 16.5 Å². The first-order valence-corrected chi connectivity index (χ1v) is 13.3. The van der Waals surface area contributed by atoms with Crippen LogP contribution < -0.4 is 19.5 Å². The van der Waals surface area contributed by atoms with Gasteiger partial charge in [0, 0.05) is 16.3 Å². The number of hydrogen-bond donors (Lipinski definition) is 2. The molecule has 0 radical (unpaired) electrons. The van der Waals surface area contributed by atoms with E-state index < -0.39 is 32.0 Å². The van der Waals surface area contributed by atoms with E-state index in [2.05, 4.69) is 10.0 Å². The number of halogens is 4. The maximum absolute atomic E-state index is 13.1. The molecule has 0 aliphatic carbocycles. The number of methoxy groups -OCH3 is 2. The highest BCUT2D eigenvalue weighted by atomic mass is 35.5. The molecule has 0 saturated heterocycles. The van der Waals surface area contributed by atoms with Crippen molar-refractivity contribution in [3.63, 3.8) is 0 Å². The van der Waals surface area contributed by atoms with Crippen molar-refractivity contribution in [2.45, 2.75) is 28.1 Å². The molecule has 3 aromatic carbocycles. The third kappa shape index (κ3) is 7.24. The third-order valence-electron chi connectivity index (χ3n) is 4.99. The molecular weight excluding hydrogens is 553 g/mol. The van der Waals surface area contributed by atoms with Gasteiger partial charge in [0.15, 0.2) is 11.5 Å². The average molecular weight is 575 g/mol. The summed E-state index contributed by atoms with van der Waals surface area (Å²) in [6.07, 6.45) is -4.74. The van der Waals surface area contributed by atoms with Crippen LogP contribution in [0.25, 0.3) is 0 Å². The van der Waals surface area contributed by atoms with Gasteiger partial charge in [0.1, 0.15) is 0 Å². The molecule has 0 unspecified atom stereocenters. The van der Waals surface area contributed by atoms with Crippen molar-refractivity contribution >= 4 is 50.7 Å². The Morgan fingerprint density at radius 2 is 1.57 bits per heavy atom. The Kier molecular flexibility index (Phi) is 8.88. The second-order valence-electron chi connectivity index (χ2n) is 7.59. The Bertz CT molecular complexity index is 1380. The van der Waals surface area contributed by atoms with Crippen LogP contribution in [-0.2, 0) is 21.0 Å².